The third-order valence-corrected chi connectivity index (χ3v) is 3.20. The molecule has 0 aliphatic carbocycles. The van der Waals surface area contributed by atoms with Gasteiger partial charge in [-0.1, -0.05) is 0 Å². The monoisotopic (exact) mass is 273 g/mol. The van der Waals surface area contributed by atoms with Crippen LogP contribution in [-0.4, -0.2) is 28.5 Å². The molecule has 2 rings (SSSR count). The summed E-state index contributed by atoms with van der Waals surface area (Å²) < 4.78 is 6.94. The molecule has 2 aromatic rings. The molecule has 1 aromatic carbocycles. The fourth-order valence-electron chi connectivity index (χ4n) is 2.24. The molecule has 20 heavy (non-hydrogen) atoms. The van der Waals surface area contributed by atoms with Gasteiger partial charge in [-0.2, -0.15) is 0 Å². The number of rotatable bonds is 4. The van der Waals surface area contributed by atoms with Gasteiger partial charge in [0.05, 0.1) is 12.7 Å². The molecule has 0 radical (unpaired) electrons. The summed E-state index contributed by atoms with van der Waals surface area (Å²) in [5, 5.41) is 8.82. The minimum absolute atomic E-state index is 0.214. The zero-order valence-corrected chi connectivity index (χ0v) is 11.5. The number of nitrogens with zero attached hydrogens (tertiary/aromatic N) is 1. The first-order valence-electron chi connectivity index (χ1n) is 6.06. The number of carboxylic acid groups (broad SMARTS) is 1. The lowest BCUT2D eigenvalue weighted by Crippen LogP contribution is -2.13. The minimum atomic E-state index is -1.44. The van der Waals surface area contributed by atoms with E-state index in [1.54, 1.807) is 20.1 Å². The molecule has 0 aliphatic rings. The van der Waals surface area contributed by atoms with Crippen LogP contribution in [0.25, 0.3) is 5.69 Å². The molecule has 0 saturated heterocycles. The number of ether oxygens (including phenoxy) is 1. The summed E-state index contributed by atoms with van der Waals surface area (Å²) in [5.41, 5.74) is 2.48. The number of benzene rings is 1. The van der Waals surface area contributed by atoms with Crippen LogP contribution in [0.5, 0.6) is 5.75 Å². The van der Waals surface area contributed by atoms with Crippen molar-refractivity contribution in [2.45, 2.75) is 13.8 Å². The summed E-state index contributed by atoms with van der Waals surface area (Å²) >= 11 is 0. The van der Waals surface area contributed by atoms with Gasteiger partial charge in [0.2, 0.25) is 0 Å². The molecule has 5 nitrogen and oxygen atoms in total. The van der Waals surface area contributed by atoms with Crippen molar-refractivity contribution in [1.82, 2.24) is 4.57 Å². The van der Waals surface area contributed by atoms with Crippen molar-refractivity contribution in [2.75, 3.05) is 7.11 Å². The van der Waals surface area contributed by atoms with Gasteiger partial charge in [-0.05, 0) is 44.2 Å². The SMILES string of the molecule is COc1ccc(-n2c(C)cc(C(=O)C(=O)O)c2C)cc1. The molecule has 1 heterocycles. The Kier molecular flexibility index (Phi) is 3.61. The Morgan fingerprint density at radius 1 is 1.15 bits per heavy atom. The van der Waals surface area contributed by atoms with Gasteiger partial charge in [0.1, 0.15) is 5.75 Å². The summed E-state index contributed by atoms with van der Waals surface area (Å²) in [7, 11) is 1.59. The number of carbonyl (C=O) groups is 2. The number of carboxylic acids is 1. The van der Waals surface area contributed by atoms with E-state index in [2.05, 4.69) is 0 Å². The van der Waals surface area contributed by atoms with Crippen molar-refractivity contribution in [3.8, 4) is 11.4 Å². The van der Waals surface area contributed by atoms with E-state index in [0.29, 0.717) is 5.69 Å². The van der Waals surface area contributed by atoms with Crippen LogP contribution < -0.4 is 4.74 Å². The molecule has 0 spiro atoms. The molecule has 0 fully saturated rings. The zero-order valence-electron chi connectivity index (χ0n) is 11.5. The van der Waals surface area contributed by atoms with Crippen LogP contribution in [0.4, 0.5) is 0 Å². The average molecular weight is 273 g/mol. The molecular weight excluding hydrogens is 258 g/mol. The Balaban J connectivity index is 2.52. The Morgan fingerprint density at radius 2 is 1.75 bits per heavy atom. The van der Waals surface area contributed by atoms with E-state index in [1.807, 2.05) is 35.8 Å². The number of methoxy groups -OCH3 is 1. The van der Waals surface area contributed by atoms with Gasteiger partial charge in [-0.3, -0.25) is 4.79 Å². The first-order chi connectivity index (χ1) is 9.45. The number of aromatic nitrogens is 1. The van der Waals surface area contributed by atoms with Crippen molar-refractivity contribution in [3.05, 3.63) is 47.3 Å². The predicted molar refractivity (Wildman–Crippen MR) is 73.8 cm³/mol. The van der Waals surface area contributed by atoms with Crippen molar-refractivity contribution < 1.29 is 19.4 Å². The van der Waals surface area contributed by atoms with Crippen molar-refractivity contribution >= 4 is 11.8 Å². The lowest BCUT2D eigenvalue weighted by Gasteiger charge is -2.10. The maximum atomic E-state index is 11.6. The van der Waals surface area contributed by atoms with Crippen molar-refractivity contribution in [3.63, 3.8) is 0 Å². The lowest BCUT2D eigenvalue weighted by atomic mass is 10.1. The quantitative estimate of drug-likeness (QED) is 0.686. The van der Waals surface area contributed by atoms with Gasteiger partial charge in [0.15, 0.2) is 0 Å². The van der Waals surface area contributed by atoms with Crippen molar-refractivity contribution in [1.29, 1.82) is 0 Å². The smallest absolute Gasteiger partial charge is 0.377 e. The van der Waals surface area contributed by atoms with Gasteiger partial charge in [0.25, 0.3) is 5.78 Å². The maximum Gasteiger partial charge on any atom is 0.377 e. The van der Waals surface area contributed by atoms with E-state index in [0.717, 1.165) is 17.1 Å². The van der Waals surface area contributed by atoms with E-state index in [9.17, 15) is 9.59 Å². The van der Waals surface area contributed by atoms with Crippen LogP contribution in [0, 0.1) is 13.8 Å². The number of aliphatic carboxylic acids is 1. The van der Waals surface area contributed by atoms with Crippen LogP contribution in [0.2, 0.25) is 0 Å². The van der Waals surface area contributed by atoms with Gasteiger partial charge in [-0.25, -0.2) is 4.79 Å². The van der Waals surface area contributed by atoms with E-state index in [4.69, 9.17) is 9.84 Å². The molecule has 0 atom stereocenters. The average Bonchev–Trinajstić information content (AvgIpc) is 2.73. The van der Waals surface area contributed by atoms with Crippen molar-refractivity contribution in [2.24, 2.45) is 0 Å². The van der Waals surface area contributed by atoms with E-state index >= 15 is 0 Å². The normalized spacial score (nSPS) is 10.3. The third kappa shape index (κ3) is 2.30. The first-order valence-corrected chi connectivity index (χ1v) is 6.06. The third-order valence-electron chi connectivity index (χ3n) is 3.20. The number of ketones is 1. The molecule has 1 N–H and O–H groups in total. The highest BCUT2D eigenvalue weighted by atomic mass is 16.5. The van der Waals surface area contributed by atoms with Gasteiger partial charge >= 0.3 is 5.97 Å². The Hall–Kier alpha value is -2.56. The Morgan fingerprint density at radius 3 is 2.25 bits per heavy atom. The number of Topliss-reactive ketones (excluding diaryl/α,β-unsaturated/α-hetero) is 1. The molecule has 0 amide bonds. The highest BCUT2D eigenvalue weighted by molar-refractivity contribution is 6.40. The Bertz CT molecular complexity index is 668. The molecular formula is C15H15NO4. The van der Waals surface area contributed by atoms with Gasteiger partial charge in [0, 0.05) is 17.1 Å². The standard InChI is InChI=1S/C15H15NO4/c1-9-8-13(14(17)15(18)19)10(2)16(9)11-4-6-12(20-3)7-5-11/h4-8H,1-3H3,(H,18,19). The molecule has 104 valence electrons. The number of carbonyl (C=O) groups excluding carboxylic acids is 1. The molecule has 0 bridgehead atoms. The zero-order chi connectivity index (χ0) is 14.9. The van der Waals surface area contributed by atoms with E-state index in [1.165, 1.54) is 0 Å². The van der Waals surface area contributed by atoms with Crippen LogP contribution >= 0.6 is 0 Å². The molecule has 5 heteroatoms. The summed E-state index contributed by atoms with van der Waals surface area (Å²) in [4.78, 5) is 22.4. The van der Waals surface area contributed by atoms with Gasteiger partial charge in [-0.15, -0.1) is 0 Å². The Labute approximate surface area is 116 Å². The van der Waals surface area contributed by atoms with E-state index < -0.39 is 11.8 Å². The van der Waals surface area contributed by atoms with Gasteiger partial charge < -0.3 is 14.4 Å². The summed E-state index contributed by atoms with van der Waals surface area (Å²) in [6.45, 7) is 3.56. The van der Waals surface area contributed by atoms with Crippen LogP contribution in [-0.2, 0) is 4.79 Å². The number of hydrogen-bond donors (Lipinski definition) is 1. The molecule has 1 aromatic heterocycles. The molecule has 0 aliphatic heterocycles. The fourth-order valence-corrected chi connectivity index (χ4v) is 2.24. The van der Waals surface area contributed by atoms with Crippen LogP contribution in [0.3, 0.4) is 0 Å². The second kappa shape index (κ2) is 5.21. The highest BCUT2D eigenvalue weighted by Gasteiger charge is 2.21. The first kappa shape index (κ1) is 13.9. The summed E-state index contributed by atoms with van der Waals surface area (Å²) in [6, 6.07) is 8.93. The maximum absolute atomic E-state index is 11.6. The van der Waals surface area contributed by atoms with E-state index in [-0.39, 0.29) is 5.56 Å². The molecule has 0 saturated carbocycles. The van der Waals surface area contributed by atoms with Crippen LogP contribution in [0.1, 0.15) is 21.7 Å². The molecule has 0 unspecified atom stereocenters. The lowest BCUT2D eigenvalue weighted by molar-refractivity contribution is -0.131. The highest BCUT2D eigenvalue weighted by Crippen LogP contribution is 2.23. The number of aryl methyl sites for hydroxylation is 1. The predicted octanol–water partition coefficient (Wildman–Crippen LogP) is 2.37. The largest absolute Gasteiger partial charge is 0.497 e. The topological polar surface area (TPSA) is 68.5 Å². The second-order valence-electron chi connectivity index (χ2n) is 4.45. The second-order valence-corrected chi connectivity index (χ2v) is 4.45. The van der Waals surface area contributed by atoms with Crippen LogP contribution in [0.15, 0.2) is 30.3 Å². The minimum Gasteiger partial charge on any atom is -0.497 e. The summed E-state index contributed by atoms with van der Waals surface area (Å²) in [5.74, 6) is -1.60. The summed E-state index contributed by atoms with van der Waals surface area (Å²) in [6.07, 6.45) is 0. The fraction of sp³-hybridized carbons (Fsp3) is 0.200. The number of hydrogen-bond acceptors (Lipinski definition) is 3.